The molecule has 0 aromatic heterocycles. The molecule has 0 saturated heterocycles. The molecule has 1 atom stereocenters. The van der Waals surface area contributed by atoms with Crippen molar-refractivity contribution in [1.82, 2.24) is 0 Å². The van der Waals surface area contributed by atoms with Crippen LogP contribution in [0, 0.1) is 0 Å². The summed E-state index contributed by atoms with van der Waals surface area (Å²) in [6.45, 7) is 0. The number of amides is 1. The predicted molar refractivity (Wildman–Crippen MR) is 74.3 cm³/mol. The summed E-state index contributed by atoms with van der Waals surface area (Å²) in [6.07, 6.45) is 1.10. The molecule has 1 aliphatic heterocycles. The molecule has 96 valence electrons. The third-order valence-corrected chi connectivity index (χ3v) is 3.27. The fourth-order valence-corrected chi connectivity index (χ4v) is 2.27. The van der Waals surface area contributed by atoms with Gasteiger partial charge in [-0.15, -0.1) is 0 Å². The van der Waals surface area contributed by atoms with Crippen LogP contribution in [0.3, 0.4) is 0 Å². The second-order valence-electron chi connectivity index (χ2n) is 4.60. The summed E-state index contributed by atoms with van der Waals surface area (Å²) in [7, 11) is 0. The molecule has 0 aliphatic carbocycles. The van der Waals surface area contributed by atoms with Crippen molar-refractivity contribution >= 4 is 11.6 Å². The zero-order chi connectivity index (χ0) is 13.1. The summed E-state index contributed by atoms with van der Waals surface area (Å²) in [4.78, 5) is 12.1. The van der Waals surface area contributed by atoms with Crippen molar-refractivity contribution in [2.24, 2.45) is 0 Å². The first kappa shape index (κ1) is 11.8. The number of para-hydroxylation sites is 2. The maximum Gasteiger partial charge on any atom is 0.265 e. The zero-order valence-electron chi connectivity index (χ0n) is 10.5. The van der Waals surface area contributed by atoms with E-state index in [4.69, 9.17) is 4.74 Å². The fourth-order valence-electron chi connectivity index (χ4n) is 2.27. The molecular formula is C16H15NO2. The van der Waals surface area contributed by atoms with Crippen molar-refractivity contribution in [2.75, 3.05) is 5.32 Å². The molecule has 1 heterocycles. The van der Waals surface area contributed by atoms with E-state index in [1.165, 1.54) is 0 Å². The van der Waals surface area contributed by atoms with Crippen molar-refractivity contribution in [1.29, 1.82) is 0 Å². The Hall–Kier alpha value is -2.29. The van der Waals surface area contributed by atoms with E-state index in [9.17, 15) is 4.79 Å². The molecule has 0 saturated carbocycles. The number of rotatable bonds is 2. The van der Waals surface area contributed by atoms with Crippen LogP contribution in [-0.2, 0) is 11.2 Å². The molecular weight excluding hydrogens is 238 g/mol. The number of anilines is 1. The van der Waals surface area contributed by atoms with Gasteiger partial charge in [-0.05, 0) is 36.6 Å². The molecule has 2 aromatic carbocycles. The third kappa shape index (κ3) is 2.60. The molecule has 1 unspecified atom stereocenters. The lowest BCUT2D eigenvalue weighted by Gasteiger charge is -2.15. The highest BCUT2D eigenvalue weighted by molar-refractivity contribution is 5.95. The van der Waals surface area contributed by atoms with Gasteiger partial charge < -0.3 is 10.1 Å². The second kappa shape index (κ2) is 5.14. The van der Waals surface area contributed by atoms with Crippen molar-refractivity contribution in [3.8, 4) is 5.75 Å². The number of carbonyl (C=O) groups is 1. The SMILES string of the molecule is O=C1Nc2ccccc2CCC1Oc1ccccc1. The van der Waals surface area contributed by atoms with Crippen molar-refractivity contribution in [3.63, 3.8) is 0 Å². The van der Waals surface area contributed by atoms with Crippen molar-refractivity contribution < 1.29 is 9.53 Å². The van der Waals surface area contributed by atoms with E-state index in [-0.39, 0.29) is 5.91 Å². The molecule has 19 heavy (non-hydrogen) atoms. The number of benzene rings is 2. The van der Waals surface area contributed by atoms with Gasteiger partial charge in [-0.1, -0.05) is 36.4 Å². The number of fused-ring (bicyclic) bond motifs is 1. The first-order chi connectivity index (χ1) is 9.33. The molecule has 3 rings (SSSR count). The summed E-state index contributed by atoms with van der Waals surface area (Å²) < 4.78 is 5.77. The number of hydrogen-bond acceptors (Lipinski definition) is 2. The van der Waals surface area contributed by atoms with Gasteiger partial charge in [0.2, 0.25) is 0 Å². The number of hydrogen-bond donors (Lipinski definition) is 1. The molecule has 0 fully saturated rings. The van der Waals surface area contributed by atoms with Crippen LogP contribution in [0.1, 0.15) is 12.0 Å². The van der Waals surface area contributed by atoms with Crippen LogP contribution in [0.2, 0.25) is 0 Å². The van der Waals surface area contributed by atoms with Crippen LogP contribution in [0.4, 0.5) is 5.69 Å². The number of ether oxygens (including phenoxy) is 1. The van der Waals surface area contributed by atoms with Crippen LogP contribution < -0.4 is 10.1 Å². The second-order valence-corrected chi connectivity index (χ2v) is 4.60. The lowest BCUT2D eigenvalue weighted by molar-refractivity contribution is -0.122. The van der Waals surface area contributed by atoms with Gasteiger partial charge in [0, 0.05) is 5.69 Å². The number of nitrogens with one attached hydrogen (secondary N) is 1. The lowest BCUT2D eigenvalue weighted by atomic mass is 10.1. The Morgan fingerprint density at radius 2 is 1.74 bits per heavy atom. The molecule has 0 bridgehead atoms. The smallest absolute Gasteiger partial charge is 0.265 e. The zero-order valence-corrected chi connectivity index (χ0v) is 10.5. The largest absolute Gasteiger partial charge is 0.481 e. The summed E-state index contributed by atoms with van der Waals surface area (Å²) in [5.74, 6) is 0.655. The molecule has 2 aromatic rings. The van der Waals surface area contributed by atoms with Gasteiger partial charge in [0.25, 0.3) is 5.91 Å². The Balaban J connectivity index is 1.78. The Bertz CT molecular complexity index is 580. The first-order valence-corrected chi connectivity index (χ1v) is 6.43. The van der Waals surface area contributed by atoms with E-state index in [1.54, 1.807) is 0 Å². The van der Waals surface area contributed by atoms with E-state index in [0.29, 0.717) is 6.42 Å². The highest BCUT2D eigenvalue weighted by atomic mass is 16.5. The third-order valence-electron chi connectivity index (χ3n) is 3.27. The minimum absolute atomic E-state index is 0.0752. The number of carbonyl (C=O) groups excluding carboxylic acids is 1. The van der Waals surface area contributed by atoms with Gasteiger partial charge in [0.1, 0.15) is 5.75 Å². The Morgan fingerprint density at radius 1 is 1.00 bits per heavy atom. The van der Waals surface area contributed by atoms with Crippen LogP contribution >= 0.6 is 0 Å². The van der Waals surface area contributed by atoms with Crippen LogP contribution in [0.25, 0.3) is 0 Å². The fraction of sp³-hybridized carbons (Fsp3) is 0.188. The monoisotopic (exact) mass is 253 g/mol. The molecule has 1 aliphatic rings. The number of aryl methyl sites for hydroxylation is 1. The van der Waals surface area contributed by atoms with Crippen molar-refractivity contribution in [2.45, 2.75) is 18.9 Å². The highest BCUT2D eigenvalue weighted by Gasteiger charge is 2.24. The molecule has 1 amide bonds. The maximum atomic E-state index is 12.1. The molecule has 3 nitrogen and oxygen atoms in total. The Kier molecular flexibility index (Phi) is 3.19. The topological polar surface area (TPSA) is 38.3 Å². The summed E-state index contributed by atoms with van der Waals surface area (Å²) >= 11 is 0. The van der Waals surface area contributed by atoms with Gasteiger partial charge in [-0.2, -0.15) is 0 Å². The van der Waals surface area contributed by atoms with Gasteiger partial charge in [-0.25, -0.2) is 0 Å². The van der Waals surface area contributed by atoms with Crippen molar-refractivity contribution in [3.05, 3.63) is 60.2 Å². The maximum absolute atomic E-state index is 12.1. The van der Waals surface area contributed by atoms with Crippen LogP contribution in [-0.4, -0.2) is 12.0 Å². The summed E-state index contributed by atoms with van der Waals surface area (Å²) in [6, 6.07) is 17.4. The van der Waals surface area contributed by atoms with Gasteiger partial charge >= 0.3 is 0 Å². The summed E-state index contributed by atoms with van der Waals surface area (Å²) in [5.41, 5.74) is 2.06. The van der Waals surface area contributed by atoms with E-state index in [2.05, 4.69) is 5.32 Å². The van der Waals surface area contributed by atoms with Gasteiger partial charge in [0.15, 0.2) is 6.10 Å². The lowest BCUT2D eigenvalue weighted by Crippen LogP contribution is -2.31. The predicted octanol–water partition coefficient (Wildman–Crippen LogP) is 3.02. The van der Waals surface area contributed by atoms with Gasteiger partial charge in [0.05, 0.1) is 0 Å². The van der Waals surface area contributed by atoms with E-state index < -0.39 is 6.10 Å². The minimum Gasteiger partial charge on any atom is -0.481 e. The first-order valence-electron chi connectivity index (χ1n) is 6.43. The molecule has 0 radical (unpaired) electrons. The Morgan fingerprint density at radius 3 is 2.58 bits per heavy atom. The van der Waals surface area contributed by atoms with Crippen LogP contribution in [0.15, 0.2) is 54.6 Å². The quantitative estimate of drug-likeness (QED) is 0.893. The molecule has 0 spiro atoms. The van der Waals surface area contributed by atoms with E-state index in [0.717, 1.165) is 23.4 Å². The van der Waals surface area contributed by atoms with E-state index >= 15 is 0 Å². The average Bonchev–Trinajstić information content (AvgIpc) is 2.60. The molecule has 3 heteroatoms. The normalized spacial score (nSPS) is 18.1. The van der Waals surface area contributed by atoms with Crippen LogP contribution in [0.5, 0.6) is 5.75 Å². The summed E-state index contributed by atoms with van der Waals surface area (Å²) in [5, 5.41) is 2.93. The highest BCUT2D eigenvalue weighted by Crippen LogP contribution is 2.23. The minimum atomic E-state index is -0.435. The molecule has 1 N–H and O–H groups in total. The van der Waals surface area contributed by atoms with Gasteiger partial charge in [-0.3, -0.25) is 4.79 Å². The standard InChI is InChI=1S/C16H15NO2/c18-16-15(19-13-7-2-1-3-8-13)11-10-12-6-4-5-9-14(12)17-16/h1-9,15H,10-11H2,(H,17,18). The van der Waals surface area contributed by atoms with E-state index in [1.807, 2.05) is 54.6 Å². The average molecular weight is 253 g/mol. The Labute approximate surface area is 112 Å².